The molecule has 76 valence electrons. The van der Waals surface area contributed by atoms with Crippen molar-refractivity contribution in [1.29, 1.82) is 0 Å². The van der Waals surface area contributed by atoms with Gasteiger partial charge in [-0.2, -0.15) is 0 Å². The van der Waals surface area contributed by atoms with Gasteiger partial charge in [0.05, 0.1) is 0 Å². The fraction of sp³-hybridized carbons (Fsp3) is 0. The van der Waals surface area contributed by atoms with E-state index in [0.717, 1.165) is 0 Å². The van der Waals surface area contributed by atoms with Gasteiger partial charge in [-0.3, -0.25) is 4.79 Å². The highest BCUT2D eigenvalue weighted by Crippen LogP contribution is 2.30. The molecule has 0 amide bonds. The van der Waals surface area contributed by atoms with Crippen LogP contribution in [0.5, 0.6) is 11.5 Å². The van der Waals surface area contributed by atoms with E-state index in [2.05, 4.69) is 4.74 Å². The van der Waals surface area contributed by atoms with Gasteiger partial charge in [-0.1, -0.05) is 0 Å². The Morgan fingerprint density at radius 1 is 1.33 bits per heavy atom. The number of benzene rings is 1. The van der Waals surface area contributed by atoms with Gasteiger partial charge in [0, 0.05) is 17.5 Å². The molecule has 0 atom stereocenters. The van der Waals surface area contributed by atoms with Crippen molar-refractivity contribution >= 4 is 17.4 Å². The second-order valence-corrected chi connectivity index (χ2v) is 2.83. The molecule has 0 unspecified atom stereocenters. The van der Waals surface area contributed by atoms with Crippen LogP contribution in [0.1, 0.15) is 0 Å². The highest BCUT2D eigenvalue weighted by molar-refractivity contribution is 5.81. The fourth-order valence-corrected chi connectivity index (χ4v) is 1.23. The number of rotatable bonds is 2. The predicted molar refractivity (Wildman–Crippen MR) is 50.8 cm³/mol. The Balaban J connectivity index is 2.70. The van der Waals surface area contributed by atoms with Gasteiger partial charge in [-0.25, -0.2) is 4.79 Å². The largest absolute Gasteiger partial charge is 0.504 e. The average Bonchev–Trinajstić information content (AvgIpc) is 2.20. The lowest BCUT2D eigenvalue weighted by Gasteiger charge is -2.02. The molecule has 0 bridgehead atoms. The molecule has 0 saturated carbocycles. The second-order valence-electron chi connectivity index (χ2n) is 2.83. The molecule has 1 aromatic carbocycles. The molecule has 15 heavy (non-hydrogen) atoms. The number of hydrogen-bond acceptors (Lipinski definition) is 5. The van der Waals surface area contributed by atoms with Gasteiger partial charge in [0.25, 0.3) is 6.47 Å². The number of ether oxygens (including phenoxy) is 1. The molecular weight excluding hydrogens is 200 g/mol. The number of hydrogen-bond donors (Lipinski definition) is 1. The summed E-state index contributed by atoms with van der Waals surface area (Å²) in [5.74, 6) is -0.240. The van der Waals surface area contributed by atoms with Crippen molar-refractivity contribution in [3.05, 3.63) is 34.7 Å². The summed E-state index contributed by atoms with van der Waals surface area (Å²) in [5.41, 5.74) is -0.274. The van der Waals surface area contributed by atoms with Crippen molar-refractivity contribution in [1.82, 2.24) is 0 Å². The monoisotopic (exact) mass is 206 g/mol. The summed E-state index contributed by atoms with van der Waals surface area (Å²) in [7, 11) is 0. The zero-order chi connectivity index (χ0) is 10.8. The third kappa shape index (κ3) is 1.67. The van der Waals surface area contributed by atoms with Crippen molar-refractivity contribution in [2.75, 3.05) is 0 Å². The molecule has 1 heterocycles. The van der Waals surface area contributed by atoms with Gasteiger partial charge in [0.1, 0.15) is 5.58 Å². The first-order chi connectivity index (χ1) is 7.20. The van der Waals surface area contributed by atoms with Crippen molar-refractivity contribution in [3.63, 3.8) is 0 Å². The van der Waals surface area contributed by atoms with E-state index in [1.165, 1.54) is 24.3 Å². The molecule has 2 aromatic rings. The van der Waals surface area contributed by atoms with Crippen LogP contribution < -0.4 is 10.4 Å². The first-order valence-corrected chi connectivity index (χ1v) is 4.08. The zero-order valence-electron chi connectivity index (χ0n) is 7.47. The van der Waals surface area contributed by atoms with E-state index in [-0.39, 0.29) is 23.6 Å². The third-order valence-corrected chi connectivity index (χ3v) is 1.88. The SMILES string of the molecule is O=COc1cc2ccc(=O)oc2cc1O. The maximum Gasteiger partial charge on any atom is 0.336 e. The Kier molecular flexibility index (Phi) is 2.13. The third-order valence-electron chi connectivity index (χ3n) is 1.88. The van der Waals surface area contributed by atoms with E-state index < -0.39 is 5.63 Å². The summed E-state index contributed by atoms with van der Waals surface area (Å²) in [6.07, 6.45) is 0. The molecule has 0 saturated heterocycles. The van der Waals surface area contributed by atoms with Crippen LogP contribution in [0.4, 0.5) is 0 Å². The molecule has 5 nitrogen and oxygen atoms in total. The van der Waals surface area contributed by atoms with E-state index in [9.17, 15) is 14.7 Å². The summed E-state index contributed by atoms with van der Waals surface area (Å²) in [6, 6.07) is 5.37. The Hall–Kier alpha value is -2.30. The Morgan fingerprint density at radius 2 is 2.13 bits per heavy atom. The lowest BCUT2D eigenvalue weighted by Crippen LogP contribution is -1.95. The molecule has 0 aliphatic heterocycles. The van der Waals surface area contributed by atoms with E-state index in [1.807, 2.05) is 0 Å². The molecule has 1 aromatic heterocycles. The molecule has 5 heteroatoms. The van der Waals surface area contributed by atoms with Gasteiger partial charge >= 0.3 is 5.63 Å². The van der Waals surface area contributed by atoms with Gasteiger partial charge in [-0.05, 0) is 12.1 Å². The number of carbonyl (C=O) groups excluding carboxylic acids is 1. The van der Waals surface area contributed by atoms with Gasteiger partial charge < -0.3 is 14.3 Å². The summed E-state index contributed by atoms with van der Waals surface area (Å²) in [4.78, 5) is 21.0. The maximum absolute atomic E-state index is 10.9. The summed E-state index contributed by atoms with van der Waals surface area (Å²) in [5, 5.41) is 9.94. The summed E-state index contributed by atoms with van der Waals surface area (Å²) < 4.78 is 9.34. The van der Waals surface area contributed by atoms with Gasteiger partial charge in [-0.15, -0.1) is 0 Å². The predicted octanol–water partition coefficient (Wildman–Crippen LogP) is 1.03. The first kappa shape index (κ1) is 9.26. The molecule has 0 radical (unpaired) electrons. The molecule has 0 fully saturated rings. The summed E-state index contributed by atoms with van der Waals surface area (Å²) in [6.45, 7) is 0.208. The molecule has 2 rings (SSSR count). The number of phenols is 1. The first-order valence-electron chi connectivity index (χ1n) is 4.08. The maximum atomic E-state index is 10.9. The van der Waals surface area contributed by atoms with E-state index in [4.69, 9.17) is 4.42 Å². The van der Waals surface area contributed by atoms with Gasteiger partial charge in [0.2, 0.25) is 0 Å². The average molecular weight is 206 g/mol. The second kappa shape index (κ2) is 3.45. The van der Waals surface area contributed by atoms with Crippen LogP contribution in [0.2, 0.25) is 0 Å². The van der Waals surface area contributed by atoms with Crippen molar-refractivity contribution < 1.29 is 19.1 Å². The van der Waals surface area contributed by atoms with Crippen molar-refractivity contribution in [2.45, 2.75) is 0 Å². The minimum absolute atomic E-state index is 0.0198. The Labute approximate surface area is 83.5 Å². The molecule has 1 N–H and O–H groups in total. The Bertz CT molecular complexity index is 570. The van der Waals surface area contributed by atoms with Crippen LogP contribution in [0.3, 0.4) is 0 Å². The van der Waals surface area contributed by atoms with Crippen LogP contribution in [-0.4, -0.2) is 11.6 Å². The van der Waals surface area contributed by atoms with Crippen LogP contribution >= 0.6 is 0 Å². The number of carbonyl (C=O) groups is 1. The minimum atomic E-state index is -0.508. The number of fused-ring (bicyclic) bond motifs is 1. The minimum Gasteiger partial charge on any atom is -0.504 e. The van der Waals surface area contributed by atoms with Crippen molar-refractivity contribution in [3.8, 4) is 11.5 Å². The highest BCUT2D eigenvalue weighted by Gasteiger charge is 2.06. The Morgan fingerprint density at radius 3 is 2.87 bits per heavy atom. The van der Waals surface area contributed by atoms with Crippen LogP contribution in [0.15, 0.2) is 33.5 Å². The molecule has 0 aliphatic rings. The molecular formula is C10H6O5. The van der Waals surface area contributed by atoms with Crippen molar-refractivity contribution in [2.24, 2.45) is 0 Å². The van der Waals surface area contributed by atoms with E-state index in [0.29, 0.717) is 5.39 Å². The smallest absolute Gasteiger partial charge is 0.336 e. The van der Waals surface area contributed by atoms with E-state index in [1.54, 1.807) is 0 Å². The summed E-state index contributed by atoms with van der Waals surface area (Å²) >= 11 is 0. The quantitative estimate of drug-likeness (QED) is 0.586. The number of aromatic hydroxyl groups is 1. The molecule has 0 aliphatic carbocycles. The standard InChI is InChI=1S/C10H6O5/c11-5-14-9-3-6-1-2-10(13)15-8(6)4-7(9)12/h1-5,12H. The highest BCUT2D eigenvalue weighted by atomic mass is 16.5. The van der Waals surface area contributed by atoms with E-state index >= 15 is 0 Å². The van der Waals surface area contributed by atoms with Crippen LogP contribution in [-0.2, 0) is 4.79 Å². The van der Waals surface area contributed by atoms with Crippen LogP contribution in [0, 0.1) is 0 Å². The zero-order valence-corrected chi connectivity index (χ0v) is 7.47. The number of phenolic OH excluding ortho intramolecular Hbond substituents is 1. The fourth-order valence-electron chi connectivity index (χ4n) is 1.23. The normalized spacial score (nSPS) is 10.1. The topological polar surface area (TPSA) is 76.7 Å². The van der Waals surface area contributed by atoms with Crippen LogP contribution in [0.25, 0.3) is 11.0 Å². The van der Waals surface area contributed by atoms with Gasteiger partial charge in [0.15, 0.2) is 11.5 Å². The lowest BCUT2D eigenvalue weighted by atomic mass is 10.2. The lowest BCUT2D eigenvalue weighted by molar-refractivity contribution is -0.120. The molecule has 0 spiro atoms.